The van der Waals surface area contributed by atoms with Crippen molar-refractivity contribution < 1.29 is 24.8 Å². The number of hydrogen-bond donors (Lipinski definition) is 3. The molecule has 1 heterocycles. The molecule has 0 bridgehead atoms. The van der Waals surface area contributed by atoms with E-state index in [1.807, 2.05) is 0 Å². The molecule has 5 nitrogen and oxygen atoms in total. The minimum Gasteiger partial charge on any atom is -0.394 e. The van der Waals surface area contributed by atoms with Crippen molar-refractivity contribution in [2.45, 2.75) is 37.8 Å². The van der Waals surface area contributed by atoms with Gasteiger partial charge in [0.15, 0.2) is 5.79 Å². The van der Waals surface area contributed by atoms with Gasteiger partial charge in [-0.25, -0.2) is 0 Å². The van der Waals surface area contributed by atoms with Crippen molar-refractivity contribution in [2.24, 2.45) is 0 Å². The molecule has 0 saturated carbocycles. The fourth-order valence-electron chi connectivity index (χ4n) is 1.62. The van der Waals surface area contributed by atoms with Crippen molar-refractivity contribution in [3.63, 3.8) is 0 Å². The van der Waals surface area contributed by atoms with E-state index in [0.717, 1.165) is 0 Å². The molecule has 1 fully saturated rings. The summed E-state index contributed by atoms with van der Waals surface area (Å²) in [7, 11) is 0. The molecule has 0 aromatic heterocycles. The molecule has 1 aliphatic heterocycles. The Morgan fingerprint density at radius 2 is 2.00 bits per heavy atom. The Balaban J connectivity index is 2.60. The van der Waals surface area contributed by atoms with Crippen LogP contribution in [0.25, 0.3) is 0 Å². The van der Waals surface area contributed by atoms with Crippen LogP contribution in [0.3, 0.4) is 0 Å². The van der Waals surface area contributed by atoms with E-state index in [1.165, 1.54) is 0 Å². The van der Waals surface area contributed by atoms with E-state index in [9.17, 15) is 10.2 Å². The van der Waals surface area contributed by atoms with Crippen LogP contribution in [0.5, 0.6) is 0 Å². The molecule has 0 spiro atoms. The first-order chi connectivity index (χ1) is 6.43. The van der Waals surface area contributed by atoms with Crippen molar-refractivity contribution >= 4 is 0 Å². The van der Waals surface area contributed by atoms with Crippen LogP contribution in [-0.2, 0) is 9.47 Å². The lowest BCUT2D eigenvalue weighted by Crippen LogP contribution is -2.42. The summed E-state index contributed by atoms with van der Waals surface area (Å²) in [6.07, 6.45) is -0.719. The fraction of sp³-hybridized carbons (Fsp3) is 1.00. The molecule has 0 aromatic rings. The van der Waals surface area contributed by atoms with Crippen LogP contribution in [0.4, 0.5) is 0 Å². The third-order valence-corrected chi connectivity index (χ3v) is 2.25. The minimum absolute atomic E-state index is 0.170. The van der Waals surface area contributed by atoms with Crippen molar-refractivity contribution in [3.05, 3.63) is 0 Å². The highest BCUT2D eigenvalue weighted by atomic mass is 16.8. The first-order valence-corrected chi connectivity index (χ1v) is 4.67. The largest absolute Gasteiger partial charge is 0.394 e. The highest BCUT2D eigenvalue weighted by Crippen LogP contribution is 2.33. The topological polar surface area (TPSA) is 79.2 Å². The van der Waals surface area contributed by atoms with Crippen LogP contribution >= 0.6 is 0 Å². The Kier molecular flexibility index (Phi) is 3.49. The first-order valence-electron chi connectivity index (χ1n) is 4.67. The van der Waals surface area contributed by atoms with E-state index in [4.69, 9.17) is 14.6 Å². The molecule has 0 radical (unpaired) electrons. The zero-order valence-corrected chi connectivity index (χ0v) is 8.56. The van der Waals surface area contributed by atoms with Gasteiger partial charge in [-0.2, -0.15) is 0 Å². The molecule has 1 aliphatic rings. The molecular formula is C9H18O5. The lowest BCUT2D eigenvalue weighted by molar-refractivity contribution is -0.176. The predicted molar refractivity (Wildman–Crippen MR) is 48.6 cm³/mol. The van der Waals surface area contributed by atoms with Gasteiger partial charge in [0, 0.05) is 6.42 Å². The second-order valence-corrected chi connectivity index (χ2v) is 4.17. The van der Waals surface area contributed by atoms with Gasteiger partial charge in [-0.1, -0.05) is 0 Å². The second kappa shape index (κ2) is 4.12. The van der Waals surface area contributed by atoms with E-state index >= 15 is 0 Å². The van der Waals surface area contributed by atoms with Crippen LogP contribution in [0.1, 0.15) is 20.3 Å². The Hall–Kier alpha value is -0.200. The van der Waals surface area contributed by atoms with Crippen molar-refractivity contribution in [3.8, 4) is 0 Å². The summed E-state index contributed by atoms with van der Waals surface area (Å²) >= 11 is 0. The van der Waals surface area contributed by atoms with Gasteiger partial charge >= 0.3 is 0 Å². The Morgan fingerprint density at radius 1 is 1.36 bits per heavy atom. The summed E-state index contributed by atoms with van der Waals surface area (Å²) in [4.78, 5) is 0. The maximum Gasteiger partial charge on any atom is 0.163 e. The lowest BCUT2D eigenvalue weighted by Gasteiger charge is -2.28. The summed E-state index contributed by atoms with van der Waals surface area (Å²) in [6, 6.07) is 0. The van der Waals surface area contributed by atoms with Gasteiger partial charge in [-0.15, -0.1) is 0 Å². The van der Waals surface area contributed by atoms with Gasteiger partial charge in [0.25, 0.3) is 0 Å². The molecule has 0 aromatic carbocycles. The second-order valence-electron chi connectivity index (χ2n) is 4.17. The van der Waals surface area contributed by atoms with Gasteiger partial charge in [-0.05, 0) is 13.8 Å². The van der Waals surface area contributed by atoms with Gasteiger partial charge in [-0.3, -0.25) is 0 Å². The van der Waals surface area contributed by atoms with Crippen LogP contribution in [0.2, 0.25) is 0 Å². The molecule has 1 saturated heterocycles. The summed E-state index contributed by atoms with van der Waals surface area (Å²) in [5, 5.41) is 27.2. The Labute approximate surface area is 83.3 Å². The number of rotatable bonds is 4. The maximum atomic E-state index is 9.29. The highest BCUT2D eigenvalue weighted by Gasteiger charge is 2.46. The average Bonchev–Trinajstić information content (AvgIpc) is 2.42. The van der Waals surface area contributed by atoms with Crippen LogP contribution in [0.15, 0.2) is 0 Å². The SMILES string of the molecule is CC1(C)OC[C@](CO)(C[C@H](O)CO)O1. The van der Waals surface area contributed by atoms with Gasteiger partial charge < -0.3 is 24.8 Å². The number of aliphatic hydroxyl groups excluding tert-OH is 3. The molecule has 0 unspecified atom stereocenters. The number of ether oxygens (including phenoxy) is 2. The van der Waals surface area contributed by atoms with Gasteiger partial charge in [0.1, 0.15) is 5.60 Å². The van der Waals surface area contributed by atoms with E-state index in [0.29, 0.717) is 0 Å². The Morgan fingerprint density at radius 3 is 2.36 bits per heavy atom. The number of hydrogen-bond acceptors (Lipinski definition) is 5. The van der Waals surface area contributed by atoms with E-state index in [2.05, 4.69) is 0 Å². The molecule has 0 aliphatic carbocycles. The summed E-state index contributed by atoms with van der Waals surface area (Å²) in [6.45, 7) is 3.15. The molecule has 3 N–H and O–H groups in total. The molecule has 14 heavy (non-hydrogen) atoms. The Bertz CT molecular complexity index is 194. The average molecular weight is 206 g/mol. The molecule has 2 atom stereocenters. The van der Waals surface area contributed by atoms with Crippen molar-refractivity contribution in [1.29, 1.82) is 0 Å². The van der Waals surface area contributed by atoms with Crippen LogP contribution in [-0.4, -0.2) is 52.6 Å². The molecular weight excluding hydrogens is 188 g/mol. The smallest absolute Gasteiger partial charge is 0.163 e. The molecule has 1 rings (SSSR count). The normalized spacial score (nSPS) is 33.2. The third kappa shape index (κ3) is 2.65. The fourth-order valence-corrected chi connectivity index (χ4v) is 1.62. The minimum atomic E-state index is -0.889. The maximum absolute atomic E-state index is 9.29. The van der Waals surface area contributed by atoms with E-state index in [-0.39, 0.29) is 26.2 Å². The van der Waals surface area contributed by atoms with Crippen molar-refractivity contribution in [1.82, 2.24) is 0 Å². The summed E-state index contributed by atoms with van der Waals surface area (Å²) in [5.74, 6) is -0.738. The molecule has 84 valence electrons. The van der Waals surface area contributed by atoms with Gasteiger partial charge in [0.05, 0.1) is 25.9 Å². The number of aliphatic hydroxyl groups is 3. The zero-order chi connectivity index (χ0) is 10.8. The zero-order valence-electron chi connectivity index (χ0n) is 8.56. The van der Waals surface area contributed by atoms with Crippen LogP contribution < -0.4 is 0 Å². The van der Waals surface area contributed by atoms with E-state index < -0.39 is 17.5 Å². The van der Waals surface area contributed by atoms with E-state index in [1.54, 1.807) is 13.8 Å². The van der Waals surface area contributed by atoms with Crippen molar-refractivity contribution in [2.75, 3.05) is 19.8 Å². The standard InChI is InChI=1S/C9H18O5/c1-8(2)13-6-9(5-11,14-8)3-7(12)4-10/h7,10-12H,3-6H2,1-2H3/t7-,9+/m0/s1. The molecule has 5 heteroatoms. The lowest BCUT2D eigenvalue weighted by atomic mass is 9.98. The predicted octanol–water partition coefficient (Wildman–Crippen LogP) is -0.756. The van der Waals surface area contributed by atoms with Gasteiger partial charge in [0.2, 0.25) is 0 Å². The highest BCUT2D eigenvalue weighted by molar-refractivity contribution is 4.89. The first kappa shape index (κ1) is 11.9. The quantitative estimate of drug-likeness (QED) is 0.563. The summed E-state index contributed by atoms with van der Waals surface area (Å²) < 4.78 is 10.8. The molecule has 0 amide bonds. The monoisotopic (exact) mass is 206 g/mol. The summed E-state index contributed by atoms with van der Waals surface area (Å²) in [5.41, 5.74) is -0.883. The van der Waals surface area contributed by atoms with Crippen LogP contribution in [0, 0.1) is 0 Å². The third-order valence-electron chi connectivity index (χ3n) is 2.25.